The summed E-state index contributed by atoms with van der Waals surface area (Å²) in [6, 6.07) is 0. The maximum Gasteiger partial charge on any atom is 0.410 e. The van der Waals surface area contributed by atoms with Gasteiger partial charge >= 0.3 is 6.09 Å². The topological polar surface area (TPSA) is 84.9 Å². The average Bonchev–Trinajstić information content (AvgIpc) is 2.32. The second-order valence-corrected chi connectivity index (χ2v) is 8.10. The van der Waals surface area contributed by atoms with Crippen LogP contribution in [0.4, 0.5) is 4.79 Å². The van der Waals surface area contributed by atoms with Crippen molar-refractivity contribution in [3.05, 3.63) is 0 Å². The van der Waals surface area contributed by atoms with Crippen LogP contribution in [0.5, 0.6) is 0 Å². The molecule has 2 heterocycles. The van der Waals surface area contributed by atoms with Gasteiger partial charge in [-0.05, 0) is 33.6 Å². The molecule has 116 valence electrons. The molecule has 0 unspecified atom stereocenters. The maximum absolute atomic E-state index is 11.9. The first-order valence-electron chi connectivity index (χ1n) is 6.70. The van der Waals surface area contributed by atoms with E-state index in [4.69, 9.17) is 9.47 Å². The lowest BCUT2D eigenvalue weighted by molar-refractivity contribution is -0.0706. The maximum atomic E-state index is 11.9. The first-order valence-corrected chi connectivity index (χ1v) is 8.35. The molecule has 0 aromatic carbocycles. The minimum atomic E-state index is -3.29. The van der Waals surface area contributed by atoms with E-state index in [1.54, 1.807) is 4.90 Å². The number of nitrogens with zero attached hydrogens (tertiary/aromatic N) is 1. The smallest absolute Gasteiger partial charge is 0.410 e. The van der Waals surface area contributed by atoms with Crippen LogP contribution in [0.3, 0.4) is 0 Å². The molecule has 8 heteroatoms. The van der Waals surface area contributed by atoms with E-state index in [-0.39, 0.29) is 18.6 Å². The monoisotopic (exact) mass is 306 g/mol. The number of likely N-dealkylation sites (tertiary alicyclic amines) is 1. The molecule has 7 nitrogen and oxygen atoms in total. The number of nitrogens with one attached hydrogen (secondary N) is 1. The number of ether oxygens (including phenoxy) is 2. The number of sulfonamides is 1. The van der Waals surface area contributed by atoms with Gasteiger partial charge in [0.2, 0.25) is 10.0 Å². The zero-order valence-electron chi connectivity index (χ0n) is 12.1. The molecule has 0 bridgehead atoms. The fourth-order valence-corrected chi connectivity index (χ4v) is 3.25. The number of piperidine rings is 1. The van der Waals surface area contributed by atoms with Gasteiger partial charge in [0.05, 0.1) is 5.60 Å². The molecule has 1 N–H and O–H groups in total. The second kappa shape index (κ2) is 5.16. The Hall–Kier alpha value is -0.860. The molecule has 2 aliphatic rings. The lowest BCUT2D eigenvalue weighted by Gasteiger charge is -2.43. The number of carbonyl (C=O) groups excluding carboxylic acids is 1. The van der Waals surface area contributed by atoms with E-state index in [1.807, 2.05) is 20.8 Å². The molecule has 0 atom stereocenters. The van der Waals surface area contributed by atoms with Crippen molar-refractivity contribution in [2.24, 2.45) is 0 Å². The van der Waals surface area contributed by atoms with Crippen molar-refractivity contribution in [3.8, 4) is 0 Å². The Morgan fingerprint density at radius 2 is 1.90 bits per heavy atom. The summed E-state index contributed by atoms with van der Waals surface area (Å²) >= 11 is 0. The number of rotatable bonds is 0. The van der Waals surface area contributed by atoms with Gasteiger partial charge in [-0.3, -0.25) is 0 Å². The third-order valence-corrected chi connectivity index (χ3v) is 4.47. The molecular formula is C12H22N2O5S. The first-order chi connectivity index (χ1) is 9.11. The Bertz CT molecular complexity index is 459. The van der Waals surface area contributed by atoms with Crippen molar-refractivity contribution in [2.45, 2.75) is 44.8 Å². The first kappa shape index (κ1) is 15.5. The van der Waals surface area contributed by atoms with Crippen molar-refractivity contribution in [1.29, 1.82) is 0 Å². The third kappa shape index (κ3) is 3.83. The number of carbonyl (C=O) groups is 1. The molecule has 0 aliphatic carbocycles. The standard InChI is InChI=1S/C12H22N2O5S/c1-11(2,3)19-10(15)14-6-4-12(5-7-14)8-13-20(16,17)9-18-12/h13H,4-9H2,1-3H3. The molecule has 0 aromatic heterocycles. The van der Waals surface area contributed by atoms with Gasteiger partial charge in [0.25, 0.3) is 0 Å². The van der Waals surface area contributed by atoms with E-state index in [9.17, 15) is 13.2 Å². The summed E-state index contributed by atoms with van der Waals surface area (Å²) in [6.07, 6.45) is 0.882. The van der Waals surface area contributed by atoms with Gasteiger partial charge in [-0.25, -0.2) is 17.9 Å². The highest BCUT2D eigenvalue weighted by Crippen LogP contribution is 2.29. The van der Waals surface area contributed by atoms with E-state index in [1.165, 1.54) is 0 Å². The zero-order valence-corrected chi connectivity index (χ0v) is 13.0. The molecule has 0 radical (unpaired) electrons. The van der Waals surface area contributed by atoms with Gasteiger partial charge in [-0.15, -0.1) is 0 Å². The Balaban J connectivity index is 1.88. The lowest BCUT2D eigenvalue weighted by atomic mass is 9.91. The van der Waals surface area contributed by atoms with E-state index in [0.29, 0.717) is 25.9 Å². The molecular weight excluding hydrogens is 284 g/mol. The van der Waals surface area contributed by atoms with Crippen molar-refractivity contribution in [1.82, 2.24) is 9.62 Å². The van der Waals surface area contributed by atoms with Crippen LogP contribution >= 0.6 is 0 Å². The van der Waals surface area contributed by atoms with Gasteiger partial charge in [-0.2, -0.15) is 0 Å². The highest BCUT2D eigenvalue weighted by Gasteiger charge is 2.42. The number of hydrogen-bond donors (Lipinski definition) is 1. The SMILES string of the molecule is CC(C)(C)OC(=O)N1CCC2(CC1)CNS(=O)(=O)CO2. The van der Waals surface area contributed by atoms with Crippen molar-refractivity contribution < 1.29 is 22.7 Å². The van der Waals surface area contributed by atoms with Crippen LogP contribution in [-0.4, -0.2) is 56.2 Å². The fraction of sp³-hybridized carbons (Fsp3) is 0.917. The molecule has 1 amide bonds. The van der Waals surface area contributed by atoms with Gasteiger partial charge in [0.15, 0.2) is 5.94 Å². The molecule has 0 saturated carbocycles. The summed E-state index contributed by atoms with van der Waals surface area (Å²) in [6.45, 7) is 6.78. The van der Waals surface area contributed by atoms with Crippen LogP contribution in [0.25, 0.3) is 0 Å². The second-order valence-electron chi connectivity index (χ2n) is 6.35. The lowest BCUT2D eigenvalue weighted by Crippen LogP contribution is -2.58. The highest BCUT2D eigenvalue weighted by atomic mass is 32.2. The molecule has 0 aromatic rings. The summed E-state index contributed by atoms with van der Waals surface area (Å²) < 4.78 is 35.9. The van der Waals surface area contributed by atoms with Crippen molar-refractivity contribution in [2.75, 3.05) is 25.6 Å². The predicted octanol–water partition coefficient (Wildman–Crippen LogP) is 0.663. The normalized spacial score (nSPS) is 25.4. The molecule has 2 saturated heterocycles. The van der Waals surface area contributed by atoms with Crippen molar-refractivity contribution in [3.63, 3.8) is 0 Å². The minimum Gasteiger partial charge on any atom is -0.444 e. The van der Waals surface area contributed by atoms with Crippen LogP contribution < -0.4 is 4.72 Å². The highest BCUT2D eigenvalue weighted by molar-refractivity contribution is 7.89. The van der Waals surface area contributed by atoms with Crippen LogP contribution in [0.15, 0.2) is 0 Å². The average molecular weight is 306 g/mol. The molecule has 20 heavy (non-hydrogen) atoms. The van der Waals surface area contributed by atoms with Crippen LogP contribution in [0.2, 0.25) is 0 Å². The van der Waals surface area contributed by atoms with Gasteiger partial charge < -0.3 is 14.4 Å². The van der Waals surface area contributed by atoms with Crippen LogP contribution in [0.1, 0.15) is 33.6 Å². The van der Waals surface area contributed by atoms with Gasteiger partial charge in [0, 0.05) is 19.6 Å². The number of amides is 1. The molecule has 2 rings (SSSR count). The fourth-order valence-electron chi connectivity index (χ4n) is 2.28. The van der Waals surface area contributed by atoms with Crippen molar-refractivity contribution >= 4 is 16.1 Å². The van der Waals surface area contributed by atoms with Gasteiger partial charge in [0.1, 0.15) is 5.60 Å². The summed E-state index contributed by atoms with van der Waals surface area (Å²) in [4.78, 5) is 13.6. The molecule has 2 aliphatic heterocycles. The Kier molecular flexibility index (Phi) is 4.01. The quantitative estimate of drug-likeness (QED) is 0.711. The van der Waals surface area contributed by atoms with Crippen LogP contribution in [-0.2, 0) is 19.5 Å². The molecule has 1 spiro atoms. The van der Waals surface area contributed by atoms with E-state index in [2.05, 4.69) is 4.72 Å². The minimum absolute atomic E-state index is 0.275. The van der Waals surface area contributed by atoms with E-state index >= 15 is 0 Å². The largest absolute Gasteiger partial charge is 0.444 e. The molecule has 2 fully saturated rings. The Morgan fingerprint density at radius 1 is 1.30 bits per heavy atom. The summed E-state index contributed by atoms with van der Waals surface area (Å²) in [5.74, 6) is -0.306. The summed E-state index contributed by atoms with van der Waals surface area (Å²) in [7, 11) is -3.29. The number of hydrogen-bond acceptors (Lipinski definition) is 5. The third-order valence-electron chi connectivity index (χ3n) is 3.46. The predicted molar refractivity (Wildman–Crippen MR) is 72.6 cm³/mol. The van der Waals surface area contributed by atoms with Crippen LogP contribution in [0, 0.1) is 0 Å². The summed E-state index contributed by atoms with van der Waals surface area (Å²) in [5, 5.41) is 0. The Labute approximate surface area is 119 Å². The van der Waals surface area contributed by atoms with E-state index < -0.39 is 21.2 Å². The van der Waals surface area contributed by atoms with E-state index in [0.717, 1.165) is 0 Å². The summed E-state index contributed by atoms with van der Waals surface area (Å²) in [5.41, 5.74) is -0.993. The zero-order chi connectivity index (χ0) is 15.0. The van der Waals surface area contributed by atoms with Gasteiger partial charge in [-0.1, -0.05) is 0 Å². The Morgan fingerprint density at radius 3 is 2.35 bits per heavy atom.